The molecule has 0 atom stereocenters. The molecule has 0 unspecified atom stereocenters. The molecule has 0 aromatic heterocycles. The highest BCUT2D eigenvalue weighted by molar-refractivity contribution is 6.78. The average Bonchev–Trinajstić information content (AvgIpc) is 2.12. The zero-order chi connectivity index (χ0) is 12.9. The fourth-order valence-corrected chi connectivity index (χ4v) is 7.95. The first kappa shape index (κ1) is 15.7. The van der Waals surface area contributed by atoms with Crippen molar-refractivity contribution in [1.29, 1.82) is 0 Å². The second kappa shape index (κ2) is 6.43. The second-order valence-corrected chi connectivity index (χ2v) is 10.8. The Kier molecular flexibility index (Phi) is 6.30. The Morgan fingerprint density at radius 3 is 1.69 bits per heavy atom. The van der Waals surface area contributed by atoms with Crippen LogP contribution in [0.5, 0.6) is 0 Å². The first-order valence-electron chi connectivity index (χ1n) is 6.30. The molecule has 0 saturated heterocycles. The quantitative estimate of drug-likeness (QED) is 0.649. The molecule has 0 amide bonds. The molecule has 0 N–H and O–H groups in total. The smallest absolute Gasteiger partial charge is 0.292 e. The molecule has 1 radical (unpaired) electrons. The van der Waals surface area contributed by atoms with Gasteiger partial charge in [0, 0.05) is 6.42 Å². The first-order chi connectivity index (χ1) is 7.28. The summed E-state index contributed by atoms with van der Waals surface area (Å²) in [6, 6.07) is 0. The van der Waals surface area contributed by atoms with E-state index in [1.165, 1.54) is 0 Å². The maximum Gasteiger partial charge on any atom is 0.292 e. The van der Waals surface area contributed by atoms with Gasteiger partial charge >= 0.3 is 0 Å². The Labute approximate surface area is 102 Å². The number of rotatable bonds is 6. The maximum absolute atomic E-state index is 11.7. The van der Waals surface area contributed by atoms with Crippen LogP contribution in [0.4, 0.5) is 0 Å². The van der Waals surface area contributed by atoms with Crippen molar-refractivity contribution >= 4 is 14.3 Å². The molecular weight excluding hydrogens is 216 g/mol. The lowest BCUT2D eigenvalue weighted by Gasteiger charge is -2.41. The average molecular weight is 243 g/mol. The van der Waals surface area contributed by atoms with E-state index in [2.05, 4.69) is 48.5 Å². The molecule has 0 rings (SSSR count). The minimum atomic E-state index is -2.01. The molecule has 0 aromatic rings. The monoisotopic (exact) mass is 243 g/mol. The molecule has 3 heteroatoms. The van der Waals surface area contributed by atoms with Gasteiger partial charge in [-0.05, 0) is 23.0 Å². The van der Waals surface area contributed by atoms with E-state index in [1.54, 1.807) is 0 Å². The normalized spacial score (nSPS) is 12.6. The summed E-state index contributed by atoms with van der Waals surface area (Å²) in [5.41, 5.74) is 1.38. The largest absolute Gasteiger partial charge is 0.518 e. The van der Waals surface area contributed by atoms with Crippen LogP contribution in [-0.2, 0) is 9.22 Å². The van der Waals surface area contributed by atoms with Gasteiger partial charge in [-0.1, -0.05) is 48.5 Å². The Morgan fingerprint density at radius 2 is 1.44 bits per heavy atom. The fourth-order valence-electron chi connectivity index (χ4n) is 2.75. The highest BCUT2D eigenvalue weighted by atomic mass is 28.4. The zero-order valence-electron chi connectivity index (χ0n) is 11.7. The SMILES string of the molecule is [CH2]CCC(=O)O[Si](C(C)C)(C(C)C)C(C)C. The van der Waals surface area contributed by atoms with Crippen LogP contribution in [0.15, 0.2) is 0 Å². The summed E-state index contributed by atoms with van der Waals surface area (Å²) >= 11 is 0. The van der Waals surface area contributed by atoms with Gasteiger partial charge in [0.2, 0.25) is 0 Å². The summed E-state index contributed by atoms with van der Waals surface area (Å²) in [4.78, 5) is 11.7. The van der Waals surface area contributed by atoms with Gasteiger partial charge < -0.3 is 4.43 Å². The Hall–Kier alpha value is -0.313. The summed E-state index contributed by atoms with van der Waals surface area (Å²) in [6.07, 6.45) is 1.07. The van der Waals surface area contributed by atoms with Crippen molar-refractivity contribution in [2.75, 3.05) is 0 Å². The predicted molar refractivity (Wildman–Crippen MR) is 71.7 cm³/mol. The van der Waals surface area contributed by atoms with Crippen LogP contribution in [-0.4, -0.2) is 14.3 Å². The van der Waals surface area contributed by atoms with Gasteiger partial charge in [0.15, 0.2) is 0 Å². The molecule has 0 spiro atoms. The molecule has 0 heterocycles. The van der Waals surface area contributed by atoms with Gasteiger partial charge in [0.25, 0.3) is 14.3 Å². The predicted octanol–water partition coefficient (Wildman–Crippen LogP) is 4.32. The van der Waals surface area contributed by atoms with Crippen molar-refractivity contribution in [3.63, 3.8) is 0 Å². The third-order valence-electron chi connectivity index (χ3n) is 3.38. The summed E-state index contributed by atoms with van der Waals surface area (Å²) in [5.74, 6) is -0.0576. The maximum atomic E-state index is 11.7. The first-order valence-corrected chi connectivity index (χ1v) is 8.44. The zero-order valence-corrected chi connectivity index (χ0v) is 12.7. The Balaban J connectivity index is 4.98. The van der Waals surface area contributed by atoms with E-state index in [4.69, 9.17) is 4.43 Å². The van der Waals surface area contributed by atoms with Crippen molar-refractivity contribution in [3.05, 3.63) is 6.92 Å². The van der Waals surface area contributed by atoms with Gasteiger partial charge in [0.1, 0.15) is 0 Å². The van der Waals surface area contributed by atoms with Crippen LogP contribution in [0.1, 0.15) is 54.4 Å². The highest BCUT2D eigenvalue weighted by Crippen LogP contribution is 2.42. The van der Waals surface area contributed by atoms with Gasteiger partial charge in [0.05, 0.1) is 0 Å². The number of hydrogen-bond acceptors (Lipinski definition) is 2. The number of hydrogen-bond donors (Lipinski definition) is 0. The lowest BCUT2D eigenvalue weighted by Crippen LogP contribution is -2.49. The van der Waals surface area contributed by atoms with Crippen molar-refractivity contribution in [2.24, 2.45) is 0 Å². The molecule has 0 fully saturated rings. The summed E-state index contributed by atoms with van der Waals surface area (Å²) in [5, 5.41) is 0. The van der Waals surface area contributed by atoms with Crippen LogP contribution in [0.2, 0.25) is 16.6 Å². The summed E-state index contributed by atoms with van der Waals surface area (Å²) in [7, 11) is -2.01. The molecule has 0 bridgehead atoms. The van der Waals surface area contributed by atoms with E-state index in [-0.39, 0.29) is 5.97 Å². The molecule has 0 saturated carbocycles. The van der Waals surface area contributed by atoms with E-state index in [1.807, 2.05) is 0 Å². The standard InChI is InChI=1S/C13H27O2Si/c1-8-9-13(14)15-16(10(2)3,11(4)5)12(6)7/h10-12H,1,8-9H2,2-7H3. The minimum Gasteiger partial charge on any atom is -0.518 e. The highest BCUT2D eigenvalue weighted by Gasteiger charge is 2.47. The number of carbonyl (C=O) groups excluding carboxylic acids is 1. The Morgan fingerprint density at radius 1 is 1.06 bits per heavy atom. The van der Waals surface area contributed by atoms with Crippen LogP contribution < -0.4 is 0 Å². The summed E-state index contributed by atoms with van der Waals surface area (Å²) < 4.78 is 5.92. The molecule has 0 aliphatic carbocycles. The van der Waals surface area contributed by atoms with E-state index < -0.39 is 8.32 Å². The molecule has 16 heavy (non-hydrogen) atoms. The van der Waals surface area contributed by atoms with E-state index in [9.17, 15) is 4.79 Å². The van der Waals surface area contributed by atoms with Gasteiger partial charge in [-0.15, -0.1) is 0 Å². The van der Waals surface area contributed by atoms with Crippen LogP contribution in [0.3, 0.4) is 0 Å². The molecular formula is C13H27O2Si. The van der Waals surface area contributed by atoms with Crippen LogP contribution in [0, 0.1) is 6.92 Å². The topological polar surface area (TPSA) is 26.3 Å². The minimum absolute atomic E-state index is 0.0576. The second-order valence-electron chi connectivity index (χ2n) is 5.40. The van der Waals surface area contributed by atoms with E-state index in [0.717, 1.165) is 0 Å². The number of carbonyl (C=O) groups is 1. The third kappa shape index (κ3) is 3.34. The van der Waals surface area contributed by atoms with Crippen molar-refractivity contribution in [2.45, 2.75) is 71.0 Å². The van der Waals surface area contributed by atoms with Crippen LogP contribution >= 0.6 is 0 Å². The van der Waals surface area contributed by atoms with Crippen molar-refractivity contribution < 1.29 is 9.22 Å². The van der Waals surface area contributed by atoms with Crippen molar-refractivity contribution in [1.82, 2.24) is 0 Å². The third-order valence-corrected chi connectivity index (χ3v) is 9.37. The van der Waals surface area contributed by atoms with Crippen LogP contribution in [0.25, 0.3) is 0 Å². The van der Waals surface area contributed by atoms with E-state index in [0.29, 0.717) is 29.5 Å². The molecule has 95 valence electrons. The van der Waals surface area contributed by atoms with Gasteiger partial charge in [-0.25, -0.2) is 0 Å². The summed E-state index contributed by atoms with van der Waals surface area (Å²) in [6.45, 7) is 16.8. The van der Waals surface area contributed by atoms with Gasteiger partial charge in [-0.3, -0.25) is 4.79 Å². The molecule has 0 aliphatic rings. The molecule has 0 aromatic carbocycles. The molecule has 2 nitrogen and oxygen atoms in total. The molecule has 0 aliphatic heterocycles. The van der Waals surface area contributed by atoms with E-state index >= 15 is 0 Å². The lowest BCUT2D eigenvalue weighted by molar-refractivity contribution is -0.135. The Bertz CT molecular complexity index is 200. The van der Waals surface area contributed by atoms with Crippen molar-refractivity contribution in [3.8, 4) is 0 Å². The van der Waals surface area contributed by atoms with Gasteiger partial charge in [-0.2, -0.15) is 0 Å². The lowest BCUT2D eigenvalue weighted by atomic mass is 10.4. The fraction of sp³-hybridized carbons (Fsp3) is 0.846.